The van der Waals surface area contributed by atoms with E-state index in [-0.39, 0.29) is 22.2 Å². The van der Waals surface area contributed by atoms with Gasteiger partial charge in [-0.3, -0.25) is 0 Å². The third kappa shape index (κ3) is 0.953. The summed E-state index contributed by atoms with van der Waals surface area (Å²) in [6.45, 7) is 0. The molecule has 3 nitrogen and oxygen atoms in total. The van der Waals surface area contributed by atoms with E-state index in [0.29, 0.717) is 0 Å². The SMILES string of the molecule is Nc1ccc(O)c(Cl)c1O. The van der Waals surface area contributed by atoms with Crippen LogP contribution in [0.25, 0.3) is 0 Å². The molecule has 1 aromatic rings. The van der Waals surface area contributed by atoms with Crippen LogP contribution in [0.5, 0.6) is 11.5 Å². The molecule has 1 rings (SSSR count). The molecule has 0 aliphatic rings. The van der Waals surface area contributed by atoms with Gasteiger partial charge in [-0.25, -0.2) is 0 Å². The lowest BCUT2D eigenvalue weighted by atomic mass is 10.3. The number of nitrogen functional groups attached to an aromatic ring is 1. The largest absolute Gasteiger partial charge is 0.506 e. The monoisotopic (exact) mass is 159 g/mol. The summed E-state index contributed by atoms with van der Waals surface area (Å²) in [7, 11) is 0. The second-order valence-corrected chi connectivity index (χ2v) is 2.21. The zero-order chi connectivity index (χ0) is 7.72. The molecule has 54 valence electrons. The third-order valence-electron chi connectivity index (χ3n) is 1.13. The summed E-state index contributed by atoms with van der Waals surface area (Å²) in [5.41, 5.74) is 5.40. The lowest BCUT2D eigenvalue weighted by Crippen LogP contribution is -1.84. The molecule has 0 fully saturated rings. The average Bonchev–Trinajstić information content (AvgIpc) is 1.93. The molecule has 0 aliphatic heterocycles. The predicted molar refractivity (Wildman–Crippen MR) is 39.2 cm³/mol. The number of rotatable bonds is 0. The average molecular weight is 160 g/mol. The van der Waals surface area contributed by atoms with Crippen LogP contribution in [-0.4, -0.2) is 10.2 Å². The van der Waals surface area contributed by atoms with Crippen LogP contribution in [0.3, 0.4) is 0 Å². The highest BCUT2D eigenvalue weighted by Crippen LogP contribution is 2.36. The Morgan fingerprint density at radius 1 is 1.30 bits per heavy atom. The van der Waals surface area contributed by atoms with Crippen molar-refractivity contribution in [3.63, 3.8) is 0 Å². The molecule has 0 unspecified atom stereocenters. The Hall–Kier alpha value is -1.09. The van der Waals surface area contributed by atoms with Gasteiger partial charge in [0.2, 0.25) is 0 Å². The number of anilines is 1. The molecule has 0 radical (unpaired) electrons. The zero-order valence-corrected chi connectivity index (χ0v) is 5.76. The van der Waals surface area contributed by atoms with Crippen LogP contribution in [-0.2, 0) is 0 Å². The second kappa shape index (κ2) is 2.27. The van der Waals surface area contributed by atoms with Crippen molar-refractivity contribution in [2.45, 2.75) is 0 Å². The van der Waals surface area contributed by atoms with Gasteiger partial charge in [-0.05, 0) is 12.1 Å². The van der Waals surface area contributed by atoms with Crippen molar-refractivity contribution in [2.75, 3.05) is 5.73 Å². The fraction of sp³-hybridized carbons (Fsp3) is 0. The van der Waals surface area contributed by atoms with E-state index in [1.54, 1.807) is 0 Å². The highest BCUT2D eigenvalue weighted by atomic mass is 35.5. The topological polar surface area (TPSA) is 66.5 Å². The summed E-state index contributed by atoms with van der Waals surface area (Å²) in [5, 5.41) is 17.7. The first-order valence-corrected chi connectivity index (χ1v) is 2.96. The number of benzene rings is 1. The second-order valence-electron chi connectivity index (χ2n) is 1.84. The predicted octanol–water partition coefficient (Wildman–Crippen LogP) is 1.33. The van der Waals surface area contributed by atoms with Crippen LogP contribution >= 0.6 is 11.6 Å². The van der Waals surface area contributed by atoms with E-state index in [9.17, 15) is 0 Å². The van der Waals surface area contributed by atoms with Crippen LogP contribution in [0.4, 0.5) is 5.69 Å². The fourth-order valence-electron chi connectivity index (χ4n) is 0.569. The molecule has 4 heteroatoms. The summed E-state index contributed by atoms with van der Waals surface area (Å²) < 4.78 is 0. The molecule has 0 bridgehead atoms. The van der Waals surface area contributed by atoms with Gasteiger partial charge in [0.1, 0.15) is 10.8 Å². The molecule has 1 aromatic carbocycles. The number of hydrogen-bond acceptors (Lipinski definition) is 3. The molecule has 0 saturated carbocycles. The quantitative estimate of drug-likeness (QED) is 0.304. The Morgan fingerprint density at radius 2 is 1.90 bits per heavy atom. The summed E-state index contributed by atoms with van der Waals surface area (Å²) >= 11 is 5.40. The fourth-order valence-corrected chi connectivity index (χ4v) is 0.741. The molecule has 0 spiro atoms. The normalized spacial score (nSPS) is 9.70. The highest BCUT2D eigenvalue weighted by molar-refractivity contribution is 6.33. The number of halogens is 1. The van der Waals surface area contributed by atoms with E-state index in [4.69, 9.17) is 27.5 Å². The first-order valence-electron chi connectivity index (χ1n) is 2.59. The maximum atomic E-state index is 8.97. The van der Waals surface area contributed by atoms with Crippen LogP contribution in [0.15, 0.2) is 12.1 Å². The third-order valence-corrected chi connectivity index (χ3v) is 1.50. The minimum Gasteiger partial charge on any atom is -0.506 e. The molecule has 4 N–H and O–H groups in total. The maximum absolute atomic E-state index is 8.97. The summed E-state index contributed by atoms with van der Waals surface area (Å²) in [6, 6.07) is 2.69. The first kappa shape index (κ1) is 7.02. The minimum atomic E-state index is -0.276. The molecule has 0 aliphatic carbocycles. The number of phenols is 2. The Kier molecular flexibility index (Phi) is 1.59. The number of phenolic OH excluding ortho intramolecular Hbond substituents is 2. The van der Waals surface area contributed by atoms with Crippen LogP contribution in [0.2, 0.25) is 5.02 Å². The summed E-state index contributed by atoms with van der Waals surface area (Å²) in [5.74, 6) is -0.449. The number of nitrogens with two attached hydrogens (primary N) is 1. The first-order chi connectivity index (χ1) is 4.63. The standard InChI is InChI=1S/C6H6ClNO2/c7-5-4(9)2-1-3(8)6(5)10/h1-2,9-10H,8H2. The van der Waals surface area contributed by atoms with Crippen molar-refractivity contribution in [1.82, 2.24) is 0 Å². The highest BCUT2D eigenvalue weighted by Gasteiger charge is 2.06. The van der Waals surface area contributed by atoms with Crippen molar-refractivity contribution in [3.8, 4) is 11.5 Å². The Balaban J connectivity index is 3.34. The smallest absolute Gasteiger partial charge is 0.161 e. The molecule has 0 saturated heterocycles. The minimum absolute atomic E-state index is 0.111. The Labute approximate surface area is 62.7 Å². The van der Waals surface area contributed by atoms with Gasteiger partial charge in [-0.1, -0.05) is 11.6 Å². The summed E-state index contributed by atoms with van der Waals surface area (Å²) in [6.07, 6.45) is 0. The number of hydrogen-bond donors (Lipinski definition) is 3. The van der Waals surface area contributed by atoms with Gasteiger partial charge < -0.3 is 15.9 Å². The maximum Gasteiger partial charge on any atom is 0.161 e. The molecular formula is C6H6ClNO2. The lowest BCUT2D eigenvalue weighted by molar-refractivity contribution is 0.453. The Bertz CT molecular complexity index is 235. The molecule has 0 heterocycles. The van der Waals surface area contributed by atoms with E-state index in [2.05, 4.69) is 0 Å². The van der Waals surface area contributed by atoms with Crippen LogP contribution in [0.1, 0.15) is 0 Å². The Morgan fingerprint density at radius 3 is 2.40 bits per heavy atom. The van der Waals surface area contributed by atoms with Crippen molar-refractivity contribution in [2.24, 2.45) is 0 Å². The van der Waals surface area contributed by atoms with Crippen LogP contribution in [0, 0.1) is 0 Å². The summed E-state index contributed by atoms with van der Waals surface area (Å²) in [4.78, 5) is 0. The zero-order valence-electron chi connectivity index (χ0n) is 5.00. The molecule has 10 heavy (non-hydrogen) atoms. The van der Waals surface area contributed by atoms with Crippen molar-refractivity contribution >= 4 is 17.3 Å². The van der Waals surface area contributed by atoms with Gasteiger partial charge in [-0.15, -0.1) is 0 Å². The van der Waals surface area contributed by atoms with Gasteiger partial charge in [-0.2, -0.15) is 0 Å². The van der Waals surface area contributed by atoms with Crippen molar-refractivity contribution in [1.29, 1.82) is 0 Å². The van der Waals surface area contributed by atoms with Gasteiger partial charge in [0.05, 0.1) is 5.69 Å². The van der Waals surface area contributed by atoms with Gasteiger partial charge >= 0.3 is 0 Å². The van der Waals surface area contributed by atoms with E-state index >= 15 is 0 Å². The van der Waals surface area contributed by atoms with E-state index < -0.39 is 0 Å². The molecule has 0 amide bonds. The van der Waals surface area contributed by atoms with Gasteiger partial charge in [0.25, 0.3) is 0 Å². The molecular weight excluding hydrogens is 154 g/mol. The van der Waals surface area contributed by atoms with Crippen LogP contribution < -0.4 is 5.73 Å². The molecule has 0 aromatic heterocycles. The van der Waals surface area contributed by atoms with Gasteiger partial charge in [0.15, 0.2) is 5.75 Å². The van der Waals surface area contributed by atoms with Gasteiger partial charge in [0, 0.05) is 0 Å². The molecule has 0 atom stereocenters. The van der Waals surface area contributed by atoms with Crippen molar-refractivity contribution < 1.29 is 10.2 Å². The van der Waals surface area contributed by atoms with E-state index in [0.717, 1.165) is 0 Å². The lowest BCUT2D eigenvalue weighted by Gasteiger charge is -2.01. The van der Waals surface area contributed by atoms with Crippen molar-refractivity contribution in [3.05, 3.63) is 17.2 Å². The number of aromatic hydroxyl groups is 2. The van der Waals surface area contributed by atoms with E-state index in [1.807, 2.05) is 0 Å². The van der Waals surface area contributed by atoms with E-state index in [1.165, 1.54) is 12.1 Å².